The number of ether oxygens (including phenoxy) is 1. The van der Waals surface area contributed by atoms with E-state index in [-0.39, 0.29) is 0 Å². The summed E-state index contributed by atoms with van der Waals surface area (Å²) >= 11 is 0. The molecule has 3 nitrogen and oxygen atoms in total. The predicted molar refractivity (Wildman–Crippen MR) is 71.0 cm³/mol. The molecule has 1 heterocycles. The summed E-state index contributed by atoms with van der Waals surface area (Å²) in [6.07, 6.45) is 6.59. The van der Waals surface area contributed by atoms with Crippen molar-refractivity contribution in [3.05, 3.63) is 0 Å². The minimum absolute atomic E-state index is 0.661. The minimum atomic E-state index is 0.661. The number of nitrogens with zero attached hydrogens (tertiary/aromatic N) is 1. The maximum Gasteiger partial charge on any atom is 0.0506 e. The lowest BCUT2D eigenvalue weighted by Gasteiger charge is -2.45. The van der Waals surface area contributed by atoms with Gasteiger partial charge in [0.15, 0.2) is 0 Å². The number of nitrogens with two attached hydrogens (primary N) is 1. The largest absolute Gasteiger partial charge is 0.381 e. The van der Waals surface area contributed by atoms with E-state index in [1.807, 2.05) is 0 Å². The van der Waals surface area contributed by atoms with Crippen LogP contribution in [-0.2, 0) is 4.74 Å². The first-order valence-corrected chi connectivity index (χ1v) is 7.23. The van der Waals surface area contributed by atoms with E-state index in [2.05, 4.69) is 18.9 Å². The van der Waals surface area contributed by atoms with Gasteiger partial charge in [0.2, 0.25) is 0 Å². The zero-order chi connectivity index (χ0) is 12.3. The van der Waals surface area contributed by atoms with E-state index >= 15 is 0 Å². The third kappa shape index (κ3) is 3.01. The maximum atomic E-state index is 5.94. The van der Waals surface area contributed by atoms with Gasteiger partial charge in [-0.25, -0.2) is 0 Å². The van der Waals surface area contributed by atoms with E-state index in [9.17, 15) is 0 Å². The van der Waals surface area contributed by atoms with Gasteiger partial charge < -0.3 is 10.5 Å². The van der Waals surface area contributed by atoms with Crippen LogP contribution in [0.3, 0.4) is 0 Å². The molecule has 0 radical (unpaired) electrons. The Bertz CT molecular complexity index is 234. The lowest BCUT2D eigenvalue weighted by atomic mass is 9.82. The monoisotopic (exact) mass is 240 g/mol. The van der Waals surface area contributed by atoms with Crippen LogP contribution in [0, 0.1) is 11.8 Å². The topological polar surface area (TPSA) is 38.5 Å². The normalized spacial score (nSPS) is 39.5. The van der Waals surface area contributed by atoms with Crippen molar-refractivity contribution in [3.8, 4) is 0 Å². The quantitative estimate of drug-likeness (QED) is 0.818. The molecule has 2 aliphatic rings. The first-order valence-electron chi connectivity index (χ1n) is 7.23. The Labute approximate surface area is 106 Å². The predicted octanol–water partition coefficient (Wildman–Crippen LogP) is 1.86. The molecule has 2 rings (SSSR count). The molecule has 4 unspecified atom stereocenters. The molecule has 1 saturated heterocycles. The van der Waals surface area contributed by atoms with Gasteiger partial charge in [0.25, 0.3) is 0 Å². The molecule has 17 heavy (non-hydrogen) atoms. The van der Waals surface area contributed by atoms with Gasteiger partial charge >= 0.3 is 0 Å². The van der Waals surface area contributed by atoms with Gasteiger partial charge in [0.05, 0.1) is 6.61 Å². The molecule has 0 amide bonds. The highest BCUT2D eigenvalue weighted by Crippen LogP contribution is 2.31. The van der Waals surface area contributed by atoms with Crippen LogP contribution in [-0.4, -0.2) is 43.8 Å². The molecule has 0 aromatic rings. The molecule has 0 aromatic carbocycles. The molecule has 0 bridgehead atoms. The average molecular weight is 240 g/mol. The van der Waals surface area contributed by atoms with Gasteiger partial charge in [0, 0.05) is 18.7 Å². The fraction of sp³-hybridized carbons (Fsp3) is 1.00. The molecule has 2 fully saturated rings. The second kappa shape index (κ2) is 6.17. The fourth-order valence-electron chi connectivity index (χ4n) is 3.72. The Balaban J connectivity index is 1.98. The molecule has 2 N–H and O–H groups in total. The van der Waals surface area contributed by atoms with Crippen molar-refractivity contribution in [3.63, 3.8) is 0 Å². The summed E-state index contributed by atoms with van der Waals surface area (Å²) in [7, 11) is 2.31. The van der Waals surface area contributed by atoms with Crippen LogP contribution in [0.4, 0.5) is 0 Å². The lowest BCUT2D eigenvalue weighted by Crippen LogP contribution is -2.52. The van der Waals surface area contributed by atoms with Crippen molar-refractivity contribution in [1.29, 1.82) is 0 Å². The van der Waals surface area contributed by atoms with Gasteiger partial charge in [-0.15, -0.1) is 0 Å². The summed E-state index contributed by atoms with van der Waals surface area (Å²) in [5.74, 6) is 1.37. The van der Waals surface area contributed by atoms with Gasteiger partial charge in [-0.3, -0.25) is 4.90 Å². The molecule has 3 heteroatoms. The Kier molecular flexibility index (Phi) is 4.83. The SMILES string of the molecule is CC1COCCC1N(C)C1CCCCC1CN. The number of hydrogen-bond donors (Lipinski definition) is 1. The summed E-state index contributed by atoms with van der Waals surface area (Å²) in [4.78, 5) is 2.63. The highest BCUT2D eigenvalue weighted by atomic mass is 16.5. The molecular formula is C14H28N2O. The molecule has 1 saturated carbocycles. The molecule has 1 aliphatic carbocycles. The molecule has 4 atom stereocenters. The molecule has 100 valence electrons. The first kappa shape index (κ1) is 13.3. The van der Waals surface area contributed by atoms with Gasteiger partial charge in [-0.2, -0.15) is 0 Å². The summed E-state index contributed by atoms with van der Waals surface area (Å²) < 4.78 is 5.55. The molecular weight excluding hydrogens is 212 g/mol. The smallest absolute Gasteiger partial charge is 0.0506 e. The number of hydrogen-bond acceptors (Lipinski definition) is 3. The number of rotatable bonds is 3. The third-order valence-electron chi connectivity index (χ3n) is 4.81. The van der Waals surface area contributed by atoms with E-state index in [4.69, 9.17) is 10.5 Å². The standard InChI is InChI=1S/C14H28N2O/c1-11-10-17-8-7-13(11)16(2)14-6-4-3-5-12(14)9-15/h11-14H,3-10,15H2,1-2H3. The van der Waals surface area contributed by atoms with Crippen molar-refractivity contribution >= 4 is 0 Å². The summed E-state index contributed by atoms with van der Waals surface area (Å²) in [6.45, 7) is 5.03. The molecule has 0 aromatic heterocycles. The van der Waals surface area contributed by atoms with E-state index in [1.165, 1.54) is 32.1 Å². The van der Waals surface area contributed by atoms with Gasteiger partial charge in [-0.05, 0) is 44.7 Å². The van der Waals surface area contributed by atoms with Crippen LogP contribution in [0.25, 0.3) is 0 Å². The van der Waals surface area contributed by atoms with E-state index in [0.717, 1.165) is 19.8 Å². The Morgan fingerprint density at radius 1 is 1.18 bits per heavy atom. The van der Waals surface area contributed by atoms with Gasteiger partial charge in [-0.1, -0.05) is 19.8 Å². The summed E-state index contributed by atoms with van der Waals surface area (Å²) in [5.41, 5.74) is 5.94. The van der Waals surface area contributed by atoms with E-state index in [0.29, 0.717) is 23.9 Å². The van der Waals surface area contributed by atoms with Crippen LogP contribution >= 0.6 is 0 Å². The zero-order valence-corrected chi connectivity index (χ0v) is 11.4. The zero-order valence-electron chi connectivity index (χ0n) is 11.4. The summed E-state index contributed by atoms with van der Waals surface area (Å²) in [6, 6.07) is 1.40. The fourth-order valence-corrected chi connectivity index (χ4v) is 3.72. The second-order valence-corrected chi connectivity index (χ2v) is 5.92. The van der Waals surface area contributed by atoms with Crippen molar-refractivity contribution in [2.45, 2.75) is 51.1 Å². The Hall–Kier alpha value is -0.120. The average Bonchev–Trinajstić information content (AvgIpc) is 2.38. The summed E-state index contributed by atoms with van der Waals surface area (Å²) in [5, 5.41) is 0. The van der Waals surface area contributed by atoms with Gasteiger partial charge in [0.1, 0.15) is 0 Å². The molecule has 0 spiro atoms. The van der Waals surface area contributed by atoms with E-state index in [1.54, 1.807) is 0 Å². The second-order valence-electron chi connectivity index (χ2n) is 5.92. The van der Waals surface area contributed by atoms with Crippen molar-refractivity contribution in [2.75, 3.05) is 26.8 Å². The maximum absolute atomic E-state index is 5.94. The van der Waals surface area contributed by atoms with Crippen LogP contribution < -0.4 is 5.73 Å². The first-order chi connectivity index (χ1) is 8.24. The third-order valence-corrected chi connectivity index (χ3v) is 4.81. The highest BCUT2D eigenvalue weighted by molar-refractivity contribution is 4.88. The van der Waals surface area contributed by atoms with Crippen LogP contribution in [0.1, 0.15) is 39.0 Å². The van der Waals surface area contributed by atoms with Crippen molar-refractivity contribution in [1.82, 2.24) is 4.90 Å². The molecule has 1 aliphatic heterocycles. The van der Waals surface area contributed by atoms with Crippen molar-refractivity contribution in [2.24, 2.45) is 17.6 Å². The van der Waals surface area contributed by atoms with Crippen molar-refractivity contribution < 1.29 is 4.74 Å². The van der Waals surface area contributed by atoms with Crippen LogP contribution in [0.15, 0.2) is 0 Å². The Morgan fingerprint density at radius 3 is 2.65 bits per heavy atom. The van der Waals surface area contributed by atoms with E-state index < -0.39 is 0 Å². The van der Waals surface area contributed by atoms with Crippen LogP contribution in [0.2, 0.25) is 0 Å². The minimum Gasteiger partial charge on any atom is -0.381 e. The van der Waals surface area contributed by atoms with Crippen LogP contribution in [0.5, 0.6) is 0 Å². The highest BCUT2D eigenvalue weighted by Gasteiger charge is 2.34. The lowest BCUT2D eigenvalue weighted by molar-refractivity contribution is -0.0253. The Morgan fingerprint density at radius 2 is 1.94 bits per heavy atom.